The van der Waals surface area contributed by atoms with Gasteiger partial charge in [-0.3, -0.25) is 0 Å². The Kier molecular flexibility index (Phi) is 7.59. The minimum Gasteiger partial charge on any atom is -0.454 e. The standard InChI is InChI=1S/C52H30F3N5O/c53-52(54,55)40-29-39(51-57-49(31-16-4-1-5-17-31)56-50(58-51)32-18-6-2-7-19-32)46-36-24-12-15-27-45(36)61-48(46)47(40)60-42-26-14-11-23-35(42)38-28-37-34-22-10-13-25-41(34)59(43(37)30-44(38)60)33-20-8-3-9-21-33/h1-30H. The van der Waals surface area contributed by atoms with Crippen molar-refractivity contribution >= 4 is 65.6 Å². The van der Waals surface area contributed by atoms with Gasteiger partial charge in [-0.15, -0.1) is 0 Å². The fourth-order valence-corrected chi connectivity index (χ4v) is 8.96. The van der Waals surface area contributed by atoms with Crippen molar-refractivity contribution in [2.75, 3.05) is 0 Å². The lowest BCUT2D eigenvalue weighted by Crippen LogP contribution is -2.12. The first-order valence-electron chi connectivity index (χ1n) is 19.9. The molecule has 9 heteroatoms. The summed E-state index contributed by atoms with van der Waals surface area (Å²) in [6, 6.07) is 57.2. The molecule has 0 aliphatic heterocycles. The van der Waals surface area contributed by atoms with Crippen LogP contribution in [0.25, 0.3) is 111 Å². The highest BCUT2D eigenvalue weighted by molar-refractivity contribution is 6.21. The lowest BCUT2D eigenvalue weighted by atomic mass is 9.99. The monoisotopic (exact) mass is 797 g/mol. The van der Waals surface area contributed by atoms with E-state index in [-0.39, 0.29) is 22.7 Å². The number of benzene rings is 8. The van der Waals surface area contributed by atoms with Crippen LogP contribution in [0, 0.1) is 0 Å². The Bertz CT molecular complexity index is 3630. The topological polar surface area (TPSA) is 61.7 Å². The van der Waals surface area contributed by atoms with E-state index in [0.29, 0.717) is 50.2 Å². The highest BCUT2D eigenvalue weighted by Gasteiger charge is 2.39. The van der Waals surface area contributed by atoms with Gasteiger partial charge in [-0.2, -0.15) is 13.2 Å². The molecule has 12 aromatic rings. The minimum atomic E-state index is -4.84. The summed E-state index contributed by atoms with van der Waals surface area (Å²) in [5.41, 5.74) is 5.11. The number of alkyl halides is 3. The summed E-state index contributed by atoms with van der Waals surface area (Å²) in [7, 11) is 0. The molecule has 0 fully saturated rings. The highest BCUT2D eigenvalue weighted by Crippen LogP contribution is 2.49. The summed E-state index contributed by atoms with van der Waals surface area (Å²) in [4.78, 5) is 14.6. The molecule has 0 aliphatic rings. The summed E-state index contributed by atoms with van der Waals surface area (Å²) < 4.78 is 59.1. The summed E-state index contributed by atoms with van der Waals surface area (Å²) in [6.45, 7) is 0. The predicted octanol–water partition coefficient (Wildman–Crippen LogP) is 14.0. The van der Waals surface area contributed by atoms with Crippen LogP contribution in [0.15, 0.2) is 186 Å². The maximum atomic E-state index is 16.2. The number of furan rings is 1. The Labute approximate surface area is 345 Å². The van der Waals surface area contributed by atoms with E-state index in [0.717, 1.165) is 38.3 Å². The van der Waals surface area contributed by atoms with Crippen LogP contribution in [0.1, 0.15) is 5.56 Å². The van der Waals surface area contributed by atoms with Crippen molar-refractivity contribution < 1.29 is 17.6 Å². The molecule has 0 saturated heterocycles. The molecule has 8 aromatic carbocycles. The van der Waals surface area contributed by atoms with Gasteiger partial charge in [-0.1, -0.05) is 133 Å². The largest absolute Gasteiger partial charge is 0.454 e. The molecule has 6 nitrogen and oxygen atoms in total. The third-order valence-corrected chi connectivity index (χ3v) is 11.6. The number of para-hydroxylation sites is 4. The molecule has 4 aromatic heterocycles. The Morgan fingerprint density at radius 3 is 1.52 bits per heavy atom. The van der Waals surface area contributed by atoms with E-state index in [1.165, 1.54) is 6.07 Å². The molecular formula is C52H30F3N5O. The Morgan fingerprint density at radius 1 is 0.426 bits per heavy atom. The van der Waals surface area contributed by atoms with E-state index < -0.39 is 11.7 Å². The van der Waals surface area contributed by atoms with E-state index in [4.69, 9.17) is 19.4 Å². The van der Waals surface area contributed by atoms with Crippen LogP contribution in [-0.2, 0) is 6.18 Å². The molecule has 4 heterocycles. The summed E-state index contributed by atoms with van der Waals surface area (Å²) in [5, 5.41) is 4.77. The summed E-state index contributed by atoms with van der Waals surface area (Å²) in [5.74, 6) is 0.768. The fraction of sp³-hybridized carbons (Fsp3) is 0.0192. The quantitative estimate of drug-likeness (QED) is 0.174. The second-order valence-corrected chi connectivity index (χ2v) is 15.1. The zero-order valence-corrected chi connectivity index (χ0v) is 32.1. The van der Waals surface area contributed by atoms with Crippen molar-refractivity contribution in [2.45, 2.75) is 6.18 Å². The molecule has 0 amide bonds. The van der Waals surface area contributed by atoms with Gasteiger partial charge in [0.1, 0.15) is 11.3 Å². The molecule has 0 radical (unpaired) electrons. The van der Waals surface area contributed by atoms with Gasteiger partial charge in [0.2, 0.25) is 0 Å². The van der Waals surface area contributed by atoms with Crippen molar-refractivity contribution in [3.63, 3.8) is 0 Å². The molecule has 0 atom stereocenters. The third kappa shape index (κ3) is 5.40. The second-order valence-electron chi connectivity index (χ2n) is 15.1. The van der Waals surface area contributed by atoms with Crippen LogP contribution in [0.4, 0.5) is 13.2 Å². The number of rotatable bonds is 5. The first-order chi connectivity index (χ1) is 29.9. The van der Waals surface area contributed by atoms with Crippen molar-refractivity contribution in [3.8, 4) is 45.5 Å². The van der Waals surface area contributed by atoms with E-state index in [1.54, 1.807) is 10.6 Å². The van der Waals surface area contributed by atoms with Crippen LogP contribution in [-0.4, -0.2) is 24.1 Å². The Balaban J connectivity index is 1.23. The average molecular weight is 798 g/mol. The molecule has 0 aliphatic carbocycles. The lowest BCUT2D eigenvalue weighted by molar-refractivity contribution is -0.137. The molecule has 0 saturated carbocycles. The first kappa shape index (κ1) is 35.0. The molecule has 0 N–H and O–H groups in total. The maximum Gasteiger partial charge on any atom is 0.418 e. The summed E-state index contributed by atoms with van der Waals surface area (Å²) >= 11 is 0. The van der Waals surface area contributed by atoms with Gasteiger partial charge in [0, 0.05) is 54.7 Å². The van der Waals surface area contributed by atoms with Gasteiger partial charge in [-0.25, -0.2) is 15.0 Å². The molecule has 0 spiro atoms. The van der Waals surface area contributed by atoms with Gasteiger partial charge in [0.05, 0.1) is 27.6 Å². The molecular weight excluding hydrogens is 768 g/mol. The van der Waals surface area contributed by atoms with Crippen LogP contribution in [0.3, 0.4) is 0 Å². The Hall–Kier alpha value is -8.04. The Morgan fingerprint density at radius 2 is 0.918 bits per heavy atom. The molecule has 290 valence electrons. The number of hydrogen-bond donors (Lipinski definition) is 0. The van der Waals surface area contributed by atoms with Crippen LogP contribution >= 0.6 is 0 Å². The van der Waals surface area contributed by atoms with Crippen molar-refractivity contribution in [1.82, 2.24) is 24.1 Å². The van der Waals surface area contributed by atoms with Crippen molar-refractivity contribution in [3.05, 3.63) is 188 Å². The van der Waals surface area contributed by atoms with Crippen LogP contribution in [0.2, 0.25) is 0 Å². The highest BCUT2D eigenvalue weighted by atomic mass is 19.4. The number of halogens is 3. The zero-order chi connectivity index (χ0) is 40.8. The molecule has 0 unspecified atom stereocenters. The van der Waals surface area contributed by atoms with Crippen LogP contribution in [0.5, 0.6) is 0 Å². The van der Waals surface area contributed by atoms with Crippen molar-refractivity contribution in [2.24, 2.45) is 0 Å². The van der Waals surface area contributed by atoms with Gasteiger partial charge in [0.15, 0.2) is 23.1 Å². The lowest BCUT2D eigenvalue weighted by Gasteiger charge is -2.19. The van der Waals surface area contributed by atoms with E-state index in [9.17, 15) is 0 Å². The first-order valence-corrected chi connectivity index (χ1v) is 19.9. The third-order valence-electron chi connectivity index (χ3n) is 11.6. The summed E-state index contributed by atoms with van der Waals surface area (Å²) in [6.07, 6.45) is -4.84. The van der Waals surface area contributed by atoms with E-state index >= 15 is 13.2 Å². The van der Waals surface area contributed by atoms with Gasteiger partial charge < -0.3 is 13.6 Å². The molecule has 0 bridgehead atoms. The average Bonchev–Trinajstić information content (AvgIpc) is 3.96. The van der Waals surface area contributed by atoms with E-state index in [2.05, 4.69) is 22.8 Å². The predicted molar refractivity (Wildman–Crippen MR) is 237 cm³/mol. The van der Waals surface area contributed by atoms with E-state index in [1.807, 2.05) is 152 Å². The van der Waals surface area contributed by atoms with Crippen LogP contribution < -0.4 is 0 Å². The number of fused-ring (bicyclic) bond motifs is 9. The fourth-order valence-electron chi connectivity index (χ4n) is 8.96. The normalized spacial score (nSPS) is 12.2. The van der Waals surface area contributed by atoms with Gasteiger partial charge >= 0.3 is 6.18 Å². The van der Waals surface area contributed by atoms with Crippen molar-refractivity contribution in [1.29, 1.82) is 0 Å². The smallest absolute Gasteiger partial charge is 0.418 e. The maximum absolute atomic E-state index is 16.2. The second kappa shape index (κ2) is 13.2. The van der Waals surface area contributed by atoms with Gasteiger partial charge in [-0.05, 0) is 48.5 Å². The SMILES string of the molecule is FC(F)(F)c1cc(-c2nc(-c3ccccc3)nc(-c3ccccc3)n2)c2c(oc3ccccc32)c1-n1c2ccccc2c2cc3c4ccccc4n(-c4ccccc4)c3cc21. The molecule has 61 heavy (non-hydrogen) atoms. The van der Waals surface area contributed by atoms with Gasteiger partial charge in [0.25, 0.3) is 0 Å². The number of aromatic nitrogens is 5. The zero-order valence-electron chi connectivity index (χ0n) is 32.1. The molecule has 12 rings (SSSR count). The minimum absolute atomic E-state index is 0.0697. The number of nitrogens with zero attached hydrogens (tertiary/aromatic N) is 5. The number of hydrogen-bond acceptors (Lipinski definition) is 4.